The normalized spacial score (nSPS) is 20.6. The zero-order valence-corrected chi connectivity index (χ0v) is 9.04. The van der Waals surface area contributed by atoms with Crippen molar-refractivity contribution in [3.05, 3.63) is 42.0 Å². The molecule has 1 atom stereocenters. The van der Waals surface area contributed by atoms with Crippen LogP contribution in [-0.2, 0) is 4.79 Å². The molecule has 0 aromatic heterocycles. The van der Waals surface area contributed by atoms with Gasteiger partial charge in [-0.3, -0.25) is 4.79 Å². The molecule has 1 N–H and O–H groups in total. The van der Waals surface area contributed by atoms with E-state index in [2.05, 4.69) is 0 Å². The van der Waals surface area contributed by atoms with E-state index in [0.29, 0.717) is 19.5 Å². The summed E-state index contributed by atoms with van der Waals surface area (Å²) < 4.78 is 0. The van der Waals surface area contributed by atoms with Gasteiger partial charge in [0.15, 0.2) is 0 Å². The Morgan fingerprint density at radius 1 is 1.38 bits per heavy atom. The number of rotatable bonds is 2. The summed E-state index contributed by atoms with van der Waals surface area (Å²) in [5.41, 5.74) is 1.01. The van der Waals surface area contributed by atoms with Gasteiger partial charge in [-0.1, -0.05) is 30.3 Å². The lowest BCUT2D eigenvalue weighted by Crippen LogP contribution is -2.27. The number of likely N-dealkylation sites (tertiary alicyclic amines) is 1. The van der Waals surface area contributed by atoms with E-state index < -0.39 is 0 Å². The van der Waals surface area contributed by atoms with Crippen LogP contribution >= 0.6 is 0 Å². The Hall–Kier alpha value is -1.61. The fourth-order valence-electron chi connectivity index (χ4n) is 1.78. The van der Waals surface area contributed by atoms with E-state index in [1.54, 1.807) is 17.1 Å². The summed E-state index contributed by atoms with van der Waals surface area (Å²) in [6.07, 6.45) is 3.69. The largest absolute Gasteiger partial charge is 0.391 e. The zero-order chi connectivity index (χ0) is 11.4. The van der Waals surface area contributed by atoms with Crippen LogP contribution in [-0.4, -0.2) is 35.1 Å². The van der Waals surface area contributed by atoms with Gasteiger partial charge in [0.2, 0.25) is 5.91 Å². The first-order valence-corrected chi connectivity index (χ1v) is 5.46. The smallest absolute Gasteiger partial charge is 0.246 e. The van der Waals surface area contributed by atoms with Crippen molar-refractivity contribution in [1.29, 1.82) is 0 Å². The number of carbonyl (C=O) groups excluding carboxylic acids is 1. The third-order valence-electron chi connectivity index (χ3n) is 2.69. The molecule has 1 aromatic carbocycles. The van der Waals surface area contributed by atoms with Crippen LogP contribution in [0.1, 0.15) is 12.0 Å². The standard InChI is InChI=1S/C13H15NO2/c15-12-8-9-14(10-12)13(16)7-6-11-4-2-1-3-5-11/h1-7,12,15H,8-10H2/b7-6+/t12-/m0/s1. The summed E-state index contributed by atoms with van der Waals surface area (Å²) in [7, 11) is 0. The number of aliphatic hydroxyl groups is 1. The Balaban J connectivity index is 1.95. The topological polar surface area (TPSA) is 40.5 Å². The SMILES string of the molecule is O=C(/C=C/c1ccccc1)N1CC[C@H](O)C1. The summed E-state index contributed by atoms with van der Waals surface area (Å²) in [4.78, 5) is 13.4. The Bertz CT molecular complexity index is 386. The van der Waals surface area contributed by atoms with Crippen molar-refractivity contribution in [3.63, 3.8) is 0 Å². The average Bonchev–Trinajstić information content (AvgIpc) is 2.74. The maximum Gasteiger partial charge on any atom is 0.246 e. The number of benzene rings is 1. The first kappa shape index (κ1) is 10.9. The maximum absolute atomic E-state index is 11.7. The van der Waals surface area contributed by atoms with Crippen LogP contribution in [0, 0.1) is 0 Å². The second-order valence-corrected chi connectivity index (χ2v) is 3.97. The van der Waals surface area contributed by atoms with Gasteiger partial charge in [-0.2, -0.15) is 0 Å². The first-order chi connectivity index (χ1) is 7.75. The summed E-state index contributed by atoms with van der Waals surface area (Å²) in [6, 6.07) is 9.70. The predicted molar refractivity (Wildman–Crippen MR) is 62.7 cm³/mol. The number of hydrogen-bond donors (Lipinski definition) is 1. The molecule has 16 heavy (non-hydrogen) atoms. The van der Waals surface area contributed by atoms with Gasteiger partial charge in [0.05, 0.1) is 6.10 Å². The van der Waals surface area contributed by atoms with E-state index in [1.165, 1.54) is 0 Å². The van der Waals surface area contributed by atoms with Gasteiger partial charge in [0.1, 0.15) is 0 Å². The number of nitrogens with zero attached hydrogens (tertiary/aromatic N) is 1. The molecule has 0 aliphatic carbocycles. The molecule has 3 nitrogen and oxygen atoms in total. The molecule has 1 saturated heterocycles. The monoisotopic (exact) mass is 217 g/mol. The van der Waals surface area contributed by atoms with Crippen LogP contribution in [0.5, 0.6) is 0 Å². The fourth-order valence-corrected chi connectivity index (χ4v) is 1.78. The molecule has 0 saturated carbocycles. The molecule has 0 unspecified atom stereocenters. The van der Waals surface area contributed by atoms with Gasteiger partial charge in [-0.15, -0.1) is 0 Å². The molecule has 1 aromatic rings. The van der Waals surface area contributed by atoms with Crippen molar-refractivity contribution in [2.24, 2.45) is 0 Å². The molecule has 1 fully saturated rings. The van der Waals surface area contributed by atoms with Crippen LogP contribution in [0.2, 0.25) is 0 Å². The van der Waals surface area contributed by atoms with Crippen molar-refractivity contribution in [2.75, 3.05) is 13.1 Å². The number of amides is 1. The Morgan fingerprint density at radius 3 is 2.75 bits per heavy atom. The van der Waals surface area contributed by atoms with Gasteiger partial charge in [-0.25, -0.2) is 0 Å². The molecule has 2 rings (SSSR count). The molecule has 0 radical (unpaired) electrons. The second-order valence-electron chi connectivity index (χ2n) is 3.97. The third kappa shape index (κ3) is 2.70. The zero-order valence-electron chi connectivity index (χ0n) is 9.04. The molecule has 3 heteroatoms. The van der Waals surface area contributed by atoms with E-state index in [0.717, 1.165) is 5.56 Å². The van der Waals surface area contributed by atoms with E-state index in [4.69, 9.17) is 0 Å². The lowest BCUT2D eigenvalue weighted by molar-refractivity contribution is -0.125. The van der Waals surface area contributed by atoms with E-state index in [-0.39, 0.29) is 12.0 Å². The highest BCUT2D eigenvalue weighted by atomic mass is 16.3. The van der Waals surface area contributed by atoms with Crippen molar-refractivity contribution in [1.82, 2.24) is 4.90 Å². The van der Waals surface area contributed by atoms with Crippen molar-refractivity contribution in [2.45, 2.75) is 12.5 Å². The second kappa shape index (κ2) is 4.94. The highest BCUT2D eigenvalue weighted by molar-refractivity contribution is 5.91. The van der Waals surface area contributed by atoms with Crippen molar-refractivity contribution < 1.29 is 9.90 Å². The summed E-state index contributed by atoms with van der Waals surface area (Å²) >= 11 is 0. The fraction of sp³-hybridized carbons (Fsp3) is 0.308. The number of β-amino-alcohol motifs (C(OH)–C–C–N with tert-alkyl or cyclic N) is 1. The molecule has 0 bridgehead atoms. The molecule has 1 amide bonds. The Labute approximate surface area is 95.0 Å². The lowest BCUT2D eigenvalue weighted by Gasteiger charge is -2.12. The molecule has 0 spiro atoms. The third-order valence-corrected chi connectivity index (χ3v) is 2.69. The minimum atomic E-state index is -0.353. The Kier molecular flexibility index (Phi) is 3.37. The molecular formula is C13H15NO2. The number of hydrogen-bond acceptors (Lipinski definition) is 2. The molecule has 84 valence electrons. The van der Waals surface area contributed by atoms with E-state index in [9.17, 15) is 9.90 Å². The number of aliphatic hydroxyl groups excluding tert-OH is 1. The highest BCUT2D eigenvalue weighted by Gasteiger charge is 2.22. The highest BCUT2D eigenvalue weighted by Crippen LogP contribution is 2.10. The van der Waals surface area contributed by atoms with Crippen LogP contribution < -0.4 is 0 Å². The lowest BCUT2D eigenvalue weighted by atomic mass is 10.2. The van der Waals surface area contributed by atoms with Crippen LogP contribution in [0.15, 0.2) is 36.4 Å². The van der Waals surface area contributed by atoms with Crippen LogP contribution in [0.4, 0.5) is 0 Å². The van der Waals surface area contributed by atoms with Crippen LogP contribution in [0.25, 0.3) is 6.08 Å². The molecule has 1 aliphatic heterocycles. The first-order valence-electron chi connectivity index (χ1n) is 5.46. The minimum absolute atomic E-state index is 0.0274. The molecule has 1 aliphatic rings. The minimum Gasteiger partial charge on any atom is -0.391 e. The number of carbonyl (C=O) groups is 1. The maximum atomic E-state index is 11.7. The van der Waals surface area contributed by atoms with Gasteiger partial charge < -0.3 is 10.0 Å². The predicted octanol–water partition coefficient (Wildman–Crippen LogP) is 1.29. The molecule has 1 heterocycles. The summed E-state index contributed by atoms with van der Waals surface area (Å²) in [5.74, 6) is -0.0274. The van der Waals surface area contributed by atoms with E-state index >= 15 is 0 Å². The van der Waals surface area contributed by atoms with Gasteiger partial charge in [0, 0.05) is 19.2 Å². The van der Waals surface area contributed by atoms with Gasteiger partial charge in [0.25, 0.3) is 0 Å². The van der Waals surface area contributed by atoms with Crippen molar-refractivity contribution >= 4 is 12.0 Å². The average molecular weight is 217 g/mol. The van der Waals surface area contributed by atoms with Gasteiger partial charge in [-0.05, 0) is 18.1 Å². The Morgan fingerprint density at radius 2 is 2.12 bits per heavy atom. The van der Waals surface area contributed by atoms with Crippen molar-refractivity contribution in [3.8, 4) is 0 Å². The van der Waals surface area contributed by atoms with Crippen LogP contribution in [0.3, 0.4) is 0 Å². The quantitative estimate of drug-likeness (QED) is 0.758. The summed E-state index contributed by atoms with van der Waals surface area (Å²) in [6.45, 7) is 1.11. The van der Waals surface area contributed by atoms with Gasteiger partial charge >= 0.3 is 0 Å². The molecular weight excluding hydrogens is 202 g/mol. The van der Waals surface area contributed by atoms with E-state index in [1.807, 2.05) is 30.3 Å². The summed E-state index contributed by atoms with van der Waals surface area (Å²) in [5, 5.41) is 9.32.